The van der Waals surface area contributed by atoms with Crippen molar-refractivity contribution < 1.29 is 37.5 Å². The first-order valence-electron chi connectivity index (χ1n) is 5.30. The van der Waals surface area contributed by atoms with Gasteiger partial charge in [0, 0.05) is 52.7 Å². The van der Waals surface area contributed by atoms with Crippen molar-refractivity contribution in [2.45, 2.75) is 18.4 Å². The number of nitrogens with one attached hydrogen (secondary N) is 1. The van der Waals surface area contributed by atoms with Gasteiger partial charge in [0.15, 0.2) is 0 Å². The second-order valence-electron chi connectivity index (χ2n) is 4.18. The van der Waals surface area contributed by atoms with E-state index in [1.54, 1.807) is 0 Å². The molecule has 1 aromatic carbocycles. The molecule has 0 amide bonds. The van der Waals surface area contributed by atoms with Gasteiger partial charge in [-0.05, 0) is 24.0 Å². The van der Waals surface area contributed by atoms with Gasteiger partial charge in [-0.3, -0.25) is 0 Å². The van der Waals surface area contributed by atoms with Crippen LogP contribution in [0.5, 0.6) is 0 Å². The van der Waals surface area contributed by atoms with Crippen molar-refractivity contribution >= 4 is 20.4 Å². The van der Waals surface area contributed by atoms with Crippen molar-refractivity contribution in [3.8, 4) is 0 Å². The molecule has 0 aromatic heterocycles. The summed E-state index contributed by atoms with van der Waals surface area (Å²) in [5.74, 6) is 0.756. The van der Waals surface area contributed by atoms with Crippen LogP contribution in [0.15, 0.2) is 36.4 Å². The number of allylic oxidation sites excluding steroid dienone is 2. The molecule has 0 fully saturated rings. The molecule has 3 unspecified atom stereocenters. The molecular weight excluding hydrogens is 286 g/mol. The summed E-state index contributed by atoms with van der Waals surface area (Å²) in [6, 6.07) is 8.06. The van der Waals surface area contributed by atoms with Crippen LogP contribution >= 0.6 is 0 Å². The van der Waals surface area contributed by atoms with Crippen LogP contribution in [-0.4, -0.2) is 20.7 Å². The maximum Gasteiger partial charge on any atom is 0.0359 e. The van der Waals surface area contributed by atoms with Crippen LogP contribution < -0.4 is 5.32 Å². The third-order valence-corrected chi connectivity index (χ3v) is 3.40. The normalized spacial score (nSPS) is 27.9. The Bertz CT molecular complexity index is 435. The number of hydrogen-bond donors (Lipinski definition) is 1. The van der Waals surface area contributed by atoms with E-state index >= 15 is 0 Å². The molecular formula is C13H12BNOY-. The van der Waals surface area contributed by atoms with Crippen molar-refractivity contribution in [2.75, 3.05) is 5.32 Å². The predicted octanol–water partition coefficient (Wildman–Crippen LogP) is 1.87. The Morgan fingerprint density at radius 1 is 1.29 bits per heavy atom. The van der Waals surface area contributed by atoms with E-state index in [4.69, 9.17) is 0 Å². The molecule has 3 rings (SSSR count). The van der Waals surface area contributed by atoms with E-state index in [9.17, 15) is 4.79 Å². The molecule has 0 saturated carbocycles. The molecule has 1 heterocycles. The molecule has 82 valence electrons. The smallest absolute Gasteiger partial charge is 0.0359 e. The zero-order chi connectivity index (χ0) is 10.3. The number of carbonyl (C=O) groups excluding carboxylic acids is 1. The van der Waals surface area contributed by atoms with E-state index in [0.717, 1.165) is 12.1 Å². The molecule has 0 spiro atoms. The molecule has 0 saturated heterocycles. The maximum atomic E-state index is 10.9. The van der Waals surface area contributed by atoms with Crippen LogP contribution in [0.2, 0.25) is 0 Å². The van der Waals surface area contributed by atoms with Crippen molar-refractivity contribution in [3.05, 3.63) is 42.0 Å². The largest absolute Gasteiger partial charge is 0.540 e. The zero-order valence-corrected chi connectivity index (χ0v) is 12.3. The summed E-state index contributed by atoms with van der Waals surface area (Å²) < 4.78 is 0. The quantitative estimate of drug-likeness (QED) is 0.487. The van der Waals surface area contributed by atoms with Gasteiger partial charge in [0.1, 0.15) is 0 Å². The van der Waals surface area contributed by atoms with E-state index in [2.05, 4.69) is 35.9 Å². The molecule has 1 aliphatic heterocycles. The fraction of sp³-hybridized carbons (Fsp3) is 0.308. The van der Waals surface area contributed by atoms with Gasteiger partial charge in [0.2, 0.25) is 0 Å². The van der Waals surface area contributed by atoms with E-state index in [1.807, 2.05) is 12.1 Å². The number of fused-ring (bicyclic) bond motifs is 3. The monoisotopic (exact) mass is 298 g/mol. The number of benzene rings is 1. The third-order valence-electron chi connectivity index (χ3n) is 3.40. The fourth-order valence-electron chi connectivity index (χ4n) is 2.66. The Balaban J connectivity index is 0.000000722. The van der Waals surface area contributed by atoms with Crippen molar-refractivity contribution in [3.63, 3.8) is 0 Å². The molecule has 1 aliphatic carbocycles. The number of rotatable bonds is 1. The standard InChI is InChI=1S/C13H12NO.B.Y/c15-8-13-11-6-3-5-9(11)10-4-1-2-7-12(10)14-13;;/h1-5,7,9,11,13-14H,6H2;;/q-1;;. The molecule has 4 radical (unpaired) electrons. The zero-order valence-electron chi connectivity index (χ0n) is 9.47. The fourth-order valence-corrected chi connectivity index (χ4v) is 2.66. The van der Waals surface area contributed by atoms with Crippen molar-refractivity contribution in [2.24, 2.45) is 5.92 Å². The summed E-state index contributed by atoms with van der Waals surface area (Å²) in [4.78, 5) is 10.9. The average molecular weight is 298 g/mol. The molecule has 1 aromatic rings. The van der Waals surface area contributed by atoms with Crippen molar-refractivity contribution in [1.82, 2.24) is 0 Å². The first-order valence-corrected chi connectivity index (χ1v) is 5.30. The van der Waals surface area contributed by atoms with E-state index < -0.39 is 0 Å². The average Bonchev–Trinajstić information content (AvgIpc) is 2.77. The second kappa shape index (κ2) is 5.97. The van der Waals surface area contributed by atoms with Gasteiger partial charge in [-0.2, -0.15) is 0 Å². The molecule has 2 nitrogen and oxygen atoms in total. The van der Waals surface area contributed by atoms with E-state index in [0.29, 0.717) is 11.8 Å². The van der Waals surface area contributed by atoms with E-state index in [1.165, 1.54) is 5.56 Å². The number of para-hydroxylation sites is 1. The Morgan fingerprint density at radius 2 is 2.06 bits per heavy atom. The first-order chi connectivity index (χ1) is 7.40. The van der Waals surface area contributed by atoms with E-state index in [-0.39, 0.29) is 47.2 Å². The second-order valence-corrected chi connectivity index (χ2v) is 4.18. The summed E-state index contributed by atoms with van der Waals surface area (Å²) in [6.07, 6.45) is 7.48. The van der Waals surface area contributed by atoms with Gasteiger partial charge < -0.3 is 10.1 Å². The van der Waals surface area contributed by atoms with Gasteiger partial charge in [0.25, 0.3) is 0 Å². The first kappa shape index (κ1) is 14.7. The molecule has 4 heteroatoms. The van der Waals surface area contributed by atoms with Crippen LogP contribution in [0.1, 0.15) is 17.9 Å². The molecule has 1 N–H and O–H groups in total. The Morgan fingerprint density at radius 3 is 2.82 bits per heavy atom. The number of hydrogen-bond acceptors (Lipinski definition) is 2. The van der Waals surface area contributed by atoms with Crippen LogP contribution in [0.3, 0.4) is 0 Å². The molecule has 0 bridgehead atoms. The van der Waals surface area contributed by atoms with Crippen LogP contribution in [0.4, 0.5) is 5.69 Å². The minimum Gasteiger partial charge on any atom is -0.540 e. The summed E-state index contributed by atoms with van der Waals surface area (Å²) >= 11 is 0. The Labute approximate surface area is 129 Å². The predicted molar refractivity (Wildman–Crippen MR) is 65.3 cm³/mol. The van der Waals surface area contributed by atoms with Gasteiger partial charge in [-0.25, -0.2) is 6.29 Å². The topological polar surface area (TPSA) is 29.1 Å². The Kier molecular flexibility index (Phi) is 5.15. The van der Waals surface area contributed by atoms with Gasteiger partial charge in [0.05, 0.1) is 0 Å². The summed E-state index contributed by atoms with van der Waals surface area (Å²) in [6.45, 7) is 0. The van der Waals surface area contributed by atoms with Crippen molar-refractivity contribution in [1.29, 1.82) is 0 Å². The van der Waals surface area contributed by atoms with Gasteiger partial charge in [-0.15, -0.1) is 0 Å². The van der Waals surface area contributed by atoms with Crippen LogP contribution in [0.25, 0.3) is 0 Å². The summed E-state index contributed by atoms with van der Waals surface area (Å²) in [7, 11) is 0. The molecule has 17 heavy (non-hydrogen) atoms. The maximum absolute atomic E-state index is 10.9. The molecule has 3 atom stereocenters. The van der Waals surface area contributed by atoms with Gasteiger partial charge >= 0.3 is 0 Å². The van der Waals surface area contributed by atoms with Gasteiger partial charge in [-0.1, -0.05) is 36.4 Å². The molecule has 2 aliphatic rings. The minimum atomic E-state index is -0.153. The number of anilines is 1. The Hall–Kier alpha value is -0.401. The summed E-state index contributed by atoms with van der Waals surface area (Å²) in [5, 5.41) is 3.25. The third kappa shape index (κ3) is 2.41. The van der Waals surface area contributed by atoms with Crippen LogP contribution in [-0.2, 0) is 37.5 Å². The SMILES string of the molecule is O=[C-]C1Nc2ccccc2C2C=CCC12.[B].[Y]. The summed E-state index contributed by atoms with van der Waals surface area (Å²) in [5.41, 5.74) is 2.39. The van der Waals surface area contributed by atoms with Crippen LogP contribution in [0, 0.1) is 5.92 Å². The minimum absolute atomic E-state index is 0.